The predicted octanol–water partition coefficient (Wildman–Crippen LogP) is 2.61. The fourth-order valence-electron chi connectivity index (χ4n) is 2.34. The highest BCUT2D eigenvalue weighted by Gasteiger charge is 2.24. The maximum atomic E-state index is 12.1. The molecular weight excluding hydrogens is 268 g/mol. The third-order valence-electron chi connectivity index (χ3n) is 3.55. The molecular formula is C13H19ClN2OS. The number of nitrogens with zero attached hydrogens (tertiary/aromatic N) is 2. The highest BCUT2D eigenvalue weighted by molar-refractivity contribution is 7.18. The molecule has 0 N–H and O–H groups in total. The molecule has 18 heavy (non-hydrogen) atoms. The molecule has 1 aromatic heterocycles. The van der Waals surface area contributed by atoms with Crippen LogP contribution in [0.4, 0.5) is 0 Å². The lowest BCUT2D eigenvalue weighted by Crippen LogP contribution is -2.52. The molecule has 0 aliphatic carbocycles. The van der Waals surface area contributed by atoms with Crippen LogP contribution in [0.1, 0.15) is 23.0 Å². The van der Waals surface area contributed by atoms with Crippen LogP contribution in [-0.2, 0) is 0 Å². The Morgan fingerprint density at radius 1 is 1.50 bits per heavy atom. The van der Waals surface area contributed by atoms with E-state index in [0.717, 1.165) is 30.9 Å². The summed E-state index contributed by atoms with van der Waals surface area (Å²) >= 11 is 7.23. The molecule has 1 atom stereocenters. The molecule has 1 aliphatic rings. The zero-order chi connectivity index (χ0) is 13.1. The smallest absolute Gasteiger partial charge is 0.186 e. The largest absolute Gasteiger partial charge is 0.301 e. The first-order chi connectivity index (χ1) is 8.60. The number of piperazine rings is 1. The number of carbonyl (C=O) groups excluding carboxylic acids is 1. The van der Waals surface area contributed by atoms with E-state index in [2.05, 4.69) is 23.8 Å². The Kier molecular flexibility index (Phi) is 4.78. The monoisotopic (exact) mass is 286 g/mol. The van der Waals surface area contributed by atoms with Gasteiger partial charge in [-0.25, -0.2) is 0 Å². The van der Waals surface area contributed by atoms with E-state index in [1.54, 1.807) is 6.07 Å². The average molecular weight is 287 g/mol. The van der Waals surface area contributed by atoms with Gasteiger partial charge in [-0.2, -0.15) is 0 Å². The number of hydrogen-bond acceptors (Lipinski definition) is 4. The average Bonchev–Trinajstić information content (AvgIpc) is 2.78. The summed E-state index contributed by atoms with van der Waals surface area (Å²) < 4.78 is 0.683. The van der Waals surface area contributed by atoms with Crippen LogP contribution < -0.4 is 0 Å². The maximum absolute atomic E-state index is 12.1. The fraction of sp³-hybridized carbons (Fsp3) is 0.615. The Labute approximate surface area is 117 Å². The number of likely N-dealkylation sites (N-methyl/N-ethyl adjacent to an activating group) is 1. The lowest BCUT2D eigenvalue weighted by molar-refractivity contribution is 0.0746. The maximum Gasteiger partial charge on any atom is 0.186 e. The van der Waals surface area contributed by atoms with Crippen LogP contribution in [0, 0.1) is 0 Å². The molecule has 2 heterocycles. The minimum Gasteiger partial charge on any atom is -0.301 e. The van der Waals surface area contributed by atoms with E-state index in [0.29, 0.717) is 16.9 Å². The standard InChI is InChI=1S/C13H19ClN2OS/c1-3-10-8-16(7-6-15(10)2)9-11(17)12-4-5-13(14)18-12/h4-5,10H,3,6-9H2,1-2H3. The lowest BCUT2D eigenvalue weighted by atomic mass is 10.1. The molecule has 0 spiro atoms. The Morgan fingerprint density at radius 2 is 2.28 bits per heavy atom. The van der Waals surface area contributed by atoms with Gasteiger partial charge in [-0.3, -0.25) is 9.69 Å². The molecule has 1 aromatic rings. The minimum absolute atomic E-state index is 0.186. The molecule has 1 fully saturated rings. The lowest BCUT2D eigenvalue weighted by Gasteiger charge is -2.38. The van der Waals surface area contributed by atoms with Crippen molar-refractivity contribution < 1.29 is 4.79 Å². The van der Waals surface area contributed by atoms with Gasteiger partial charge in [0, 0.05) is 25.7 Å². The quantitative estimate of drug-likeness (QED) is 0.795. The summed E-state index contributed by atoms with van der Waals surface area (Å²) in [6.45, 7) is 5.71. The van der Waals surface area contributed by atoms with Gasteiger partial charge >= 0.3 is 0 Å². The predicted molar refractivity (Wildman–Crippen MR) is 76.8 cm³/mol. The first kappa shape index (κ1) is 14.0. The normalized spacial score (nSPS) is 22.3. The van der Waals surface area contributed by atoms with Gasteiger partial charge in [0.1, 0.15) is 0 Å². The minimum atomic E-state index is 0.186. The topological polar surface area (TPSA) is 23.6 Å². The molecule has 2 rings (SSSR count). The molecule has 0 aromatic carbocycles. The number of carbonyl (C=O) groups is 1. The Bertz CT molecular complexity index is 421. The number of halogens is 1. The van der Waals surface area contributed by atoms with Crippen molar-refractivity contribution in [2.24, 2.45) is 0 Å². The van der Waals surface area contributed by atoms with Crippen molar-refractivity contribution >= 4 is 28.7 Å². The molecule has 1 saturated heterocycles. The second-order valence-electron chi connectivity index (χ2n) is 4.80. The number of rotatable bonds is 4. The van der Waals surface area contributed by atoms with Crippen LogP contribution in [0.2, 0.25) is 4.34 Å². The van der Waals surface area contributed by atoms with E-state index in [1.807, 2.05) is 6.07 Å². The van der Waals surface area contributed by atoms with Crippen molar-refractivity contribution in [3.05, 3.63) is 21.3 Å². The second-order valence-corrected chi connectivity index (χ2v) is 6.52. The summed E-state index contributed by atoms with van der Waals surface area (Å²) in [6.07, 6.45) is 1.13. The first-order valence-corrected chi connectivity index (χ1v) is 7.50. The SMILES string of the molecule is CCC1CN(CC(=O)c2ccc(Cl)s2)CCN1C. The molecule has 1 unspecified atom stereocenters. The number of hydrogen-bond donors (Lipinski definition) is 0. The first-order valence-electron chi connectivity index (χ1n) is 6.31. The molecule has 0 saturated carbocycles. The molecule has 0 radical (unpaired) electrons. The van der Waals surface area contributed by atoms with Crippen LogP contribution in [0.25, 0.3) is 0 Å². The van der Waals surface area contributed by atoms with Crippen molar-refractivity contribution in [1.29, 1.82) is 0 Å². The van der Waals surface area contributed by atoms with Crippen LogP contribution in [0.3, 0.4) is 0 Å². The van der Waals surface area contributed by atoms with Crippen molar-refractivity contribution in [1.82, 2.24) is 9.80 Å². The van der Waals surface area contributed by atoms with Gasteiger partial charge < -0.3 is 4.90 Å². The van der Waals surface area contributed by atoms with Crippen molar-refractivity contribution in [2.75, 3.05) is 33.2 Å². The molecule has 100 valence electrons. The van der Waals surface area contributed by atoms with Gasteiger partial charge in [0.15, 0.2) is 5.78 Å². The van der Waals surface area contributed by atoms with Crippen molar-refractivity contribution in [2.45, 2.75) is 19.4 Å². The summed E-state index contributed by atoms with van der Waals surface area (Å²) in [7, 11) is 2.16. The molecule has 0 bridgehead atoms. The zero-order valence-corrected chi connectivity index (χ0v) is 12.4. The van der Waals surface area contributed by atoms with Crippen LogP contribution in [0.5, 0.6) is 0 Å². The van der Waals surface area contributed by atoms with E-state index >= 15 is 0 Å². The van der Waals surface area contributed by atoms with Crippen molar-refractivity contribution in [3.8, 4) is 0 Å². The van der Waals surface area contributed by atoms with Gasteiger partial charge in [-0.05, 0) is 25.6 Å². The fourth-order valence-corrected chi connectivity index (χ4v) is 3.31. The van der Waals surface area contributed by atoms with Gasteiger partial charge in [0.25, 0.3) is 0 Å². The molecule has 0 amide bonds. The number of thiophene rings is 1. The summed E-state index contributed by atoms with van der Waals surface area (Å²) in [5.74, 6) is 0.186. The van der Waals surface area contributed by atoms with Gasteiger partial charge in [-0.1, -0.05) is 18.5 Å². The zero-order valence-electron chi connectivity index (χ0n) is 10.9. The summed E-state index contributed by atoms with van der Waals surface area (Å²) in [5.41, 5.74) is 0. The third kappa shape index (κ3) is 3.32. The summed E-state index contributed by atoms with van der Waals surface area (Å²) in [4.78, 5) is 17.5. The molecule has 3 nitrogen and oxygen atoms in total. The van der Waals surface area contributed by atoms with E-state index in [9.17, 15) is 4.79 Å². The van der Waals surface area contributed by atoms with E-state index in [-0.39, 0.29) is 5.78 Å². The Morgan fingerprint density at radius 3 is 2.89 bits per heavy atom. The third-order valence-corrected chi connectivity index (χ3v) is 4.82. The number of ketones is 1. The van der Waals surface area contributed by atoms with Gasteiger partial charge in [0.2, 0.25) is 0 Å². The molecule has 5 heteroatoms. The van der Waals surface area contributed by atoms with Crippen LogP contribution in [0.15, 0.2) is 12.1 Å². The Balaban J connectivity index is 1.92. The van der Waals surface area contributed by atoms with Crippen LogP contribution >= 0.6 is 22.9 Å². The molecule has 1 aliphatic heterocycles. The van der Waals surface area contributed by atoms with Crippen molar-refractivity contribution in [3.63, 3.8) is 0 Å². The van der Waals surface area contributed by atoms with E-state index in [4.69, 9.17) is 11.6 Å². The van der Waals surface area contributed by atoms with Crippen LogP contribution in [-0.4, -0.2) is 54.9 Å². The summed E-state index contributed by atoms with van der Waals surface area (Å²) in [5, 5.41) is 0. The number of Topliss-reactive ketones (excluding diaryl/α,β-unsaturated/α-hetero) is 1. The summed E-state index contributed by atoms with van der Waals surface area (Å²) in [6, 6.07) is 4.18. The van der Waals surface area contributed by atoms with E-state index < -0.39 is 0 Å². The van der Waals surface area contributed by atoms with E-state index in [1.165, 1.54) is 11.3 Å². The highest BCUT2D eigenvalue weighted by atomic mass is 35.5. The second kappa shape index (κ2) is 6.15. The van der Waals surface area contributed by atoms with Gasteiger partial charge in [-0.15, -0.1) is 11.3 Å². The Hall–Kier alpha value is -0.420. The van der Waals surface area contributed by atoms with Gasteiger partial charge in [0.05, 0.1) is 15.8 Å². The highest BCUT2D eigenvalue weighted by Crippen LogP contribution is 2.22.